The topological polar surface area (TPSA) is 71.0 Å². The van der Waals surface area contributed by atoms with Gasteiger partial charge in [0.2, 0.25) is 0 Å². The van der Waals surface area contributed by atoms with Gasteiger partial charge >= 0.3 is 0 Å². The number of aromatic nitrogens is 3. The number of likely N-dealkylation sites (tertiary alicyclic amines) is 1. The van der Waals surface area contributed by atoms with Gasteiger partial charge in [-0.1, -0.05) is 41.9 Å². The van der Waals surface area contributed by atoms with Gasteiger partial charge in [0.25, 0.3) is 5.91 Å². The molecule has 3 heterocycles. The molecule has 0 radical (unpaired) electrons. The Balaban J connectivity index is 1.32. The quantitative estimate of drug-likeness (QED) is 0.472. The largest absolute Gasteiger partial charge is 0.364 e. The number of halogens is 1. The summed E-state index contributed by atoms with van der Waals surface area (Å²) < 4.78 is 0. The van der Waals surface area contributed by atoms with E-state index in [1.165, 1.54) is 0 Å². The molecule has 0 aliphatic carbocycles. The molecule has 0 bridgehead atoms. The number of carbonyl (C=O) groups is 1. The molecule has 1 saturated heterocycles. The van der Waals surface area contributed by atoms with Crippen LogP contribution in [0.1, 0.15) is 21.9 Å². The van der Waals surface area contributed by atoms with Crippen molar-refractivity contribution in [2.24, 2.45) is 0 Å². The first-order valence-corrected chi connectivity index (χ1v) is 11.3. The van der Waals surface area contributed by atoms with E-state index in [4.69, 9.17) is 11.6 Å². The van der Waals surface area contributed by atoms with Gasteiger partial charge in [0.15, 0.2) is 0 Å². The van der Waals surface area contributed by atoms with E-state index < -0.39 is 0 Å². The number of benzene rings is 2. The van der Waals surface area contributed by atoms with E-state index in [0.29, 0.717) is 29.6 Å². The molecule has 4 aromatic rings. The van der Waals surface area contributed by atoms with E-state index in [9.17, 15) is 4.79 Å². The average Bonchev–Trinajstić information content (AvgIpc) is 3.40. The Morgan fingerprint density at radius 3 is 2.84 bits per heavy atom. The number of hydrogen-bond donors (Lipinski definition) is 1. The summed E-state index contributed by atoms with van der Waals surface area (Å²) in [4.78, 5) is 29.7. The molecule has 2 aromatic heterocycles. The van der Waals surface area contributed by atoms with Crippen LogP contribution in [0.4, 0.5) is 5.82 Å². The van der Waals surface area contributed by atoms with Gasteiger partial charge < -0.3 is 10.2 Å². The smallest absolute Gasteiger partial charge is 0.274 e. The molecule has 0 unspecified atom stereocenters. The Labute approximate surface area is 188 Å². The van der Waals surface area contributed by atoms with Crippen molar-refractivity contribution in [1.29, 1.82) is 0 Å². The molecule has 1 aliphatic heterocycles. The Morgan fingerprint density at radius 1 is 1.16 bits per heavy atom. The standard InChI is InChI=1S/C23H20ClN5OS/c1-14-26-21(22(31-14)15-5-3-2-4-6-15)23(30)29-10-9-17(13-29)27-20-12-25-18-8-7-16(24)11-19(18)28-20/h2-8,11-12,17H,9-10,13H2,1H3,(H,27,28)/t17-/m1/s1. The van der Waals surface area contributed by atoms with Crippen LogP contribution in [0, 0.1) is 6.92 Å². The third-order valence-electron chi connectivity index (χ3n) is 5.30. The zero-order valence-corrected chi connectivity index (χ0v) is 18.5. The molecule has 1 atom stereocenters. The first-order valence-electron chi connectivity index (χ1n) is 10.1. The SMILES string of the molecule is Cc1nc(C(=O)N2CC[C@@H](Nc3cnc4ccc(Cl)cc4n3)C2)c(-c2ccccc2)s1. The Hall–Kier alpha value is -3.03. The van der Waals surface area contributed by atoms with Crippen LogP contribution in [-0.4, -0.2) is 44.9 Å². The van der Waals surface area contributed by atoms with Crippen molar-refractivity contribution in [2.45, 2.75) is 19.4 Å². The van der Waals surface area contributed by atoms with Gasteiger partial charge in [-0.05, 0) is 37.1 Å². The van der Waals surface area contributed by atoms with Gasteiger partial charge in [0.05, 0.1) is 27.1 Å². The minimum atomic E-state index is -0.0242. The minimum absolute atomic E-state index is 0.0242. The maximum absolute atomic E-state index is 13.3. The van der Waals surface area contributed by atoms with Crippen molar-refractivity contribution in [1.82, 2.24) is 19.9 Å². The molecule has 2 aromatic carbocycles. The van der Waals surface area contributed by atoms with Gasteiger partial charge in [-0.2, -0.15) is 0 Å². The van der Waals surface area contributed by atoms with Crippen LogP contribution in [0.15, 0.2) is 54.7 Å². The lowest BCUT2D eigenvalue weighted by molar-refractivity contribution is 0.0787. The van der Waals surface area contributed by atoms with E-state index in [1.54, 1.807) is 29.7 Å². The molecular formula is C23H20ClN5OS. The van der Waals surface area contributed by atoms with Crippen molar-refractivity contribution in [2.75, 3.05) is 18.4 Å². The number of rotatable bonds is 4. The fourth-order valence-electron chi connectivity index (χ4n) is 3.83. The minimum Gasteiger partial charge on any atom is -0.364 e. The summed E-state index contributed by atoms with van der Waals surface area (Å²) in [7, 11) is 0. The van der Waals surface area contributed by atoms with Crippen LogP contribution in [0.25, 0.3) is 21.5 Å². The van der Waals surface area contributed by atoms with Crippen LogP contribution < -0.4 is 5.32 Å². The summed E-state index contributed by atoms with van der Waals surface area (Å²) in [5.74, 6) is 0.660. The van der Waals surface area contributed by atoms with E-state index >= 15 is 0 Å². The lowest BCUT2D eigenvalue weighted by Gasteiger charge is -2.17. The number of nitrogens with one attached hydrogen (secondary N) is 1. The molecular weight excluding hydrogens is 430 g/mol. The summed E-state index contributed by atoms with van der Waals surface area (Å²) >= 11 is 7.63. The number of hydrogen-bond acceptors (Lipinski definition) is 6. The summed E-state index contributed by atoms with van der Waals surface area (Å²) in [5, 5.41) is 4.93. The number of fused-ring (bicyclic) bond motifs is 1. The molecule has 0 spiro atoms. The number of thiazole rings is 1. The molecule has 5 rings (SSSR count). The maximum Gasteiger partial charge on any atom is 0.274 e. The fourth-order valence-corrected chi connectivity index (χ4v) is 4.92. The highest BCUT2D eigenvalue weighted by Gasteiger charge is 2.30. The monoisotopic (exact) mass is 449 g/mol. The zero-order valence-electron chi connectivity index (χ0n) is 16.9. The Bertz CT molecular complexity index is 1260. The number of amides is 1. The second-order valence-electron chi connectivity index (χ2n) is 7.55. The summed E-state index contributed by atoms with van der Waals surface area (Å²) in [5.41, 5.74) is 3.10. The van der Waals surface area contributed by atoms with Crippen molar-refractivity contribution in [3.63, 3.8) is 0 Å². The van der Waals surface area contributed by atoms with Crippen molar-refractivity contribution >= 4 is 45.7 Å². The third-order valence-corrected chi connectivity index (χ3v) is 6.56. The maximum atomic E-state index is 13.3. The highest BCUT2D eigenvalue weighted by atomic mass is 35.5. The molecule has 1 aliphatic rings. The predicted octanol–water partition coefficient (Wildman–Crippen LogP) is 5.04. The first kappa shape index (κ1) is 19.9. The van der Waals surface area contributed by atoms with Crippen LogP contribution >= 0.6 is 22.9 Å². The summed E-state index contributed by atoms with van der Waals surface area (Å²) in [6, 6.07) is 15.5. The molecule has 1 fully saturated rings. The lowest BCUT2D eigenvalue weighted by atomic mass is 10.1. The van der Waals surface area contributed by atoms with Gasteiger partial charge in [0, 0.05) is 24.2 Å². The zero-order chi connectivity index (χ0) is 21.4. The van der Waals surface area contributed by atoms with Crippen LogP contribution in [-0.2, 0) is 0 Å². The van der Waals surface area contributed by atoms with E-state index in [1.807, 2.05) is 48.2 Å². The van der Waals surface area contributed by atoms with Crippen molar-refractivity contribution in [3.05, 3.63) is 70.5 Å². The van der Waals surface area contributed by atoms with Gasteiger partial charge in [0.1, 0.15) is 11.5 Å². The Morgan fingerprint density at radius 2 is 2.00 bits per heavy atom. The number of nitrogens with zero attached hydrogens (tertiary/aromatic N) is 4. The van der Waals surface area contributed by atoms with Crippen LogP contribution in [0.5, 0.6) is 0 Å². The lowest BCUT2D eigenvalue weighted by Crippen LogP contribution is -2.32. The van der Waals surface area contributed by atoms with E-state index in [0.717, 1.165) is 32.9 Å². The predicted molar refractivity (Wildman–Crippen MR) is 125 cm³/mol. The summed E-state index contributed by atoms with van der Waals surface area (Å²) in [6.45, 7) is 3.21. The number of anilines is 1. The highest BCUT2D eigenvalue weighted by molar-refractivity contribution is 7.15. The number of aryl methyl sites for hydroxylation is 1. The van der Waals surface area contributed by atoms with Gasteiger partial charge in [-0.25, -0.2) is 9.97 Å². The molecule has 8 heteroatoms. The highest BCUT2D eigenvalue weighted by Crippen LogP contribution is 2.31. The van der Waals surface area contributed by atoms with Crippen molar-refractivity contribution in [3.8, 4) is 10.4 Å². The molecule has 1 amide bonds. The first-order chi connectivity index (χ1) is 15.1. The summed E-state index contributed by atoms with van der Waals surface area (Å²) in [6.07, 6.45) is 2.56. The molecule has 6 nitrogen and oxygen atoms in total. The average molecular weight is 450 g/mol. The van der Waals surface area contributed by atoms with Crippen molar-refractivity contribution < 1.29 is 4.79 Å². The van der Waals surface area contributed by atoms with E-state index in [2.05, 4.69) is 20.3 Å². The second-order valence-corrected chi connectivity index (χ2v) is 9.19. The normalized spacial score (nSPS) is 16.1. The third kappa shape index (κ3) is 4.11. The van der Waals surface area contributed by atoms with Crippen LogP contribution in [0.2, 0.25) is 5.02 Å². The van der Waals surface area contributed by atoms with Gasteiger partial charge in [-0.15, -0.1) is 11.3 Å². The van der Waals surface area contributed by atoms with Gasteiger partial charge in [-0.3, -0.25) is 9.78 Å². The fraction of sp³-hybridized carbons (Fsp3) is 0.217. The second kappa shape index (κ2) is 8.24. The Kier molecular flexibility index (Phi) is 5.29. The molecule has 156 valence electrons. The molecule has 31 heavy (non-hydrogen) atoms. The molecule has 0 saturated carbocycles. The number of carbonyl (C=O) groups excluding carboxylic acids is 1. The molecule has 1 N–H and O–H groups in total. The van der Waals surface area contributed by atoms with E-state index in [-0.39, 0.29) is 11.9 Å². The van der Waals surface area contributed by atoms with Crippen LogP contribution in [0.3, 0.4) is 0 Å².